The highest BCUT2D eigenvalue weighted by molar-refractivity contribution is 5.87. The Hall–Kier alpha value is -2.40. The van der Waals surface area contributed by atoms with E-state index in [2.05, 4.69) is 62.4 Å². The summed E-state index contributed by atoms with van der Waals surface area (Å²) in [5.41, 5.74) is 3.24. The molecule has 0 aliphatic rings. The van der Waals surface area contributed by atoms with Crippen molar-refractivity contribution in [3.05, 3.63) is 54.0 Å². The molecule has 0 bridgehead atoms. The molecule has 114 valence electrons. The van der Waals surface area contributed by atoms with Crippen LogP contribution in [0.3, 0.4) is 0 Å². The highest BCUT2D eigenvalue weighted by Crippen LogP contribution is 2.24. The van der Waals surface area contributed by atoms with Gasteiger partial charge in [0.05, 0.1) is 5.39 Å². The van der Waals surface area contributed by atoms with Gasteiger partial charge in [0.25, 0.3) is 0 Å². The third kappa shape index (κ3) is 3.09. The van der Waals surface area contributed by atoms with E-state index in [1.807, 2.05) is 20.2 Å². The van der Waals surface area contributed by atoms with Crippen LogP contribution in [0.1, 0.15) is 24.2 Å². The van der Waals surface area contributed by atoms with Gasteiger partial charge in [-0.3, -0.25) is 0 Å². The van der Waals surface area contributed by atoms with Crippen molar-refractivity contribution in [2.45, 2.75) is 19.5 Å². The lowest BCUT2D eigenvalue weighted by atomic mass is 10.1. The number of rotatable bonds is 5. The van der Waals surface area contributed by atoms with Crippen LogP contribution in [0.4, 0.5) is 5.82 Å². The van der Waals surface area contributed by atoms with Gasteiger partial charge in [0.2, 0.25) is 0 Å². The molecule has 0 amide bonds. The Morgan fingerprint density at radius 3 is 2.68 bits per heavy atom. The lowest BCUT2D eigenvalue weighted by Crippen LogP contribution is -2.10. The minimum Gasteiger partial charge on any atom is -0.363 e. The molecule has 5 nitrogen and oxygen atoms in total. The number of fused-ring (bicyclic) bond motifs is 1. The average molecular weight is 295 g/mol. The van der Waals surface area contributed by atoms with Gasteiger partial charge in [-0.25, -0.2) is 9.97 Å². The monoisotopic (exact) mass is 295 g/mol. The van der Waals surface area contributed by atoms with Crippen molar-refractivity contribution in [2.75, 3.05) is 19.4 Å². The normalized spacial score (nSPS) is 12.7. The van der Waals surface area contributed by atoms with Crippen LogP contribution in [0.15, 0.2) is 42.7 Å². The summed E-state index contributed by atoms with van der Waals surface area (Å²) in [6.45, 7) is 2.99. The summed E-state index contributed by atoms with van der Waals surface area (Å²) in [7, 11) is 4.10. The van der Waals surface area contributed by atoms with Crippen molar-refractivity contribution in [2.24, 2.45) is 0 Å². The van der Waals surface area contributed by atoms with Crippen molar-refractivity contribution < 1.29 is 0 Å². The van der Waals surface area contributed by atoms with E-state index in [1.165, 1.54) is 5.56 Å². The Labute approximate surface area is 130 Å². The first-order valence-electron chi connectivity index (χ1n) is 7.42. The van der Waals surface area contributed by atoms with Gasteiger partial charge in [-0.15, -0.1) is 0 Å². The van der Waals surface area contributed by atoms with E-state index in [1.54, 1.807) is 6.33 Å². The van der Waals surface area contributed by atoms with Crippen LogP contribution in [0.5, 0.6) is 0 Å². The Morgan fingerprint density at radius 2 is 1.95 bits per heavy atom. The minimum absolute atomic E-state index is 0.187. The quantitative estimate of drug-likeness (QED) is 0.759. The molecule has 22 heavy (non-hydrogen) atoms. The topological polar surface area (TPSA) is 56.8 Å². The van der Waals surface area contributed by atoms with E-state index in [0.29, 0.717) is 0 Å². The molecule has 0 aliphatic heterocycles. The van der Waals surface area contributed by atoms with Crippen molar-refractivity contribution in [1.82, 2.24) is 19.9 Å². The first-order valence-corrected chi connectivity index (χ1v) is 7.42. The smallest absolute Gasteiger partial charge is 0.143 e. The van der Waals surface area contributed by atoms with Crippen LogP contribution in [0, 0.1) is 0 Å². The largest absolute Gasteiger partial charge is 0.363 e. The number of aromatic nitrogens is 3. The predicted molar refractivity (Wildman–Crippen MR) is 89.8 cm³/mol. The standard InChI is InChI=1S/C17H21N5/c1-12(13-7-5-4-6-8-13)20-16-15-9-14(10-22(2)3)21-17(15)19-11-18-16/h4-9,11-12H,10H2,1-3H3,(H2,18,19,20,21). The number of aromatic amines is 1. The van der Waals surface area contributed by atoms with Crippen molar-refractivity contribution in [1.29, 1.82) is 0 Å². The summed E-state index contributed by atoms with van der Waals surface area (Å²) in [5.74, 6) is 0.864. The summed E-state index contributed by atoms with van der Waals surface area (Å²) >= 11 is 0. The summed E-state index contributed by atoms with van der Waals surface area (Å²) in [6, 6.07) is 12.7. The summed E-state index contributed by atoms with van der Waals surface area (Å²) < 4.78 is 0. The van der Waals surface area contributed by atoms with Gasteiger partial charge >= 0.3 is 0 Å². The van der Waals surface area contributed by atoms with Crippen LogP contribution in [-0.2, 0) is 6.54 Å². The van der Waals surface area contributed by atoms with Gasteiger partial charge in [-0.2, -0.15) is 0 Å². The molecule has 0 aliphatic carbocycles. The molecule has 2 heterocycles. The molecule has 3 rings (SSSR count). The van der Waals surface area contributed by atoms with Crippen molar-refractivity contribution in [3.63, 3.8) is 0 Å². The van der Waals surface area contributed by atoms with Gasteiger partial charge in [-0.1, -0.05) is 30.3 Å². The van der Waals surface area contributed by atoms with E-state index in [9.17, 15) is 0 Å². The molecule has 2 N–H and O–H groups in total. The molecule has 3 aromatic rings. The fraction of sp³-hybridized carbons (Fsp3) is 0.294. The van der Waals surface area contributed by atoms with Gasteiger partial charge in [0.15, 0.2) is 0 Å². The Bertz CT molecular complexity index is 748. The molecule has 0 radical (unpaired) electrons. The van der Waals surface area contributed by atoms with Gasteiger partial charge in [0.1, 0.15) is 17.8 Å². The zero-order chi connectivity index (χ0) is 15.5. The molecule has 0 saturated carbocycles. The van der Waals surface area contributed by atoms with E-state index >= 15 is 0 Å². The second-order valence-electron chi connectivity index (χ2n) is 5.79. The zero-order valence-corrected chi connectivity index (χ0v) is 13.2. The number of anilines is 1. The molecule has 2 aromatic heterocycles. The molecular formula is C17H21N5. The van der Waals surface area contributed by atoms with Crippen LogP contribution in [0.25, 0.3) is 11.0 Å². The fourth-order valence-electron chi connectivity index (χ4n) is 2.57. The molecular weight excluding hydrogens is 274 g/mol. The van der Waals surface area contributed by atoms with Crippen LogP contribution in [-0.4, -0.2) is 33.9 Å². The maximum Gasteiger partial charge on any atom is 0.143 e. The summed E-state index contributed by atoms with van der Waals surface area (Å²) in [4.78, 5) is 14.2. The minimum atomic E-state index is 0.187. The number of benzene rings is 1. The lowest BCUT2D eigenvalue weighted by molar-refractivity contribution is 0.398. The second-order valence-corrected chi connectivity index (χ2v) is 5.79. The fourth-order valence-corrected chi connectivity index (χ4v) is 2.57. The number of H-pyrrole nitrogens is 1. The maximum atomic E-state index is 4.41. The van der Waals surface area contributed by atoms with Crippen LogP contribution < -0.4 is 5.32 Å². The Kier molecular flexibility index (Phi) is 4.06. The number of hydrogen-bond acceptors (Lipinski definition) is 4. The van der Waals surface area contributed by atoms with E-state index < -0.39 is 0 Å². The van der Waals surface area contributed by atoms with Gasteiger partial charge < -0.3 is 15.2 Å². The molecule has 0 saturated heterocycles. The van der Waals surface area contributed by atoms with Crippen LogP contribution in [0.2, 0.25) is 0 Å². The lowest BCUT2D eigenvalue weighted by Gasteiger charge is -2.15. The molecule has 0 spiro atoms. The summed E-state index contributed by atoms with van der Waals surface area (Å²) in [6.07, 6.45) is 1.60. The molecule has 0 fully saturated rings. The first-order chi connectivity index (χ1) is 10.6. The van der Waals surface area contributed by atoms with Gasteiger partial charge in [0, 0.05) is 18.3 Å². The first kappa shape index (κ1) is 14.5. The predicted octanol–water partition coefficient (Wildman–Crippen LogP) is 3.19. The maximum absolute atomic E-state index is 4.41. The highest BCUT2D eigenvalue weighted by atomic mass is 15.1. The Balaban J connectivity index is 1.88. The third-order valence-electron chi connectivity index (χ3n) is 3.62. The van der Waals surface area contributed by atoms with Crippen LogP contribution >= 0.6 is 0 Å². The third-order valence-corrected chi connectivity index (χ3v) is 3.62. The molecule has 1 aromatic carbocycles. The zero-order valence-electron chi connectivity index (χ0n) is 13.2. The average Bonchev–Trinajstić information content (AvgIpc) is 2.90. The van der Waals surface area contributed by atoms with Crippen molar-refractivity contribution >= 4 is 16.9 Å². The summed E-state index contributed by atoms with van der Waals surface area (Å²) in [5, 5.41) is 4.51. The molecule has 5 heteroatoms. The van der Waals surface area contributed by atoms with Gasteiger partial charge in [-0.05, 0) is 32.6 Å². The van der Waals surface area contributed by atoms with E-state index in [0.717, 1.165) is 29.1 Å². The van der Waals surface area contributed by atoms with Crippen molar-refractivity contribution in [3.8, 4) is 0 Å². The highest BCUT2D eigenvalue weighted by Gasteiger charge is 2.11. The number of nitrogens with one attached hydrogen (secondary N) is 2. The molecule has 1 atom stereocenters. The second kappa shape index (κ2) is 6.15. The molecule has 1 unspecified atom stereocenters. The number of hydrogen-bond donors (Lipinski definition) is 2. The number of nitrogens with zero attached hydrogens (tertiary/aromatic N) is 3. The SMILES string of the molecule is CC(Nc1ncnc2[nH]c(CN(C)C)cc12)c1ccccc1. The Morgan fingerprint density at radius 1 is 1.18 bits per heavy atom. The van der Waals surface area contributed by atoms with E-state index in [4.69, 9.17) is 0 Å². The van der Waals surface area contributed by atoms with E-state index in [-0.39, 0.29) is 6.04 Å².